The first-order chi connectivity index (χ1) is 9.02. The lowest BCUT2D eigenvalue weighted by atomic mass is 10.1. The Morgan fingerprint density at radius 1 is 1.26 bits per heavy atom. The largest absolute Gasteiger partial charge is 0.496 e. The van der Waals surface area contributed by atoms with Crippen LogP contribution in [-0.2, 0) is 13.6 Å². The number of methoxy groups -OCH3 is 1. The van der Waals surface area contributed by atoms with E-state index in [-0.39, 0.29) is 0 Å². The molecule has 2 rings (SSSR count). The lowest BCUT2D eigenvalue weighted by molar-refractivity contribution is 0.411. The van der Waals surface area contributed by atoms with Gasteiger partial charge in [0.1, 0.15) is 5.75 Å². The second-order valence-corrected chi connectivity index (χ2v) is 4.83. The molecule has 0 spiro atoms. The Balaban J connectivity index is 2.12. The predicted molar refractivity (Wildman–Crippen MR) is 77.7 cm³/mol. The van der Waals surface area contributed by atoms with Gasteiger partial charge < -0.3 is 10.1 Å². The molecule has 0 unspecified atom stereocenters. The van der Waals surface area contributed by atoms with E-state index in [1.165, 1.54) is 5.56 Å². The topological polar surface area (TPSA) is 39.1 Å². The second-order valence-electron chi connectivity index (χ2n) is 4.83. The molecule has 19 heavy (non-hydrogen) atoms. The molecule has 0 bridgehead atoms. The summed E-state index contributed by atoms with van der Waals surface area (Å²) in [5.41, 5.74) is 5.70. The molecule has 102 valence electrons. The molecule has 0 amide bonds. The fourth-order valence-electron chi connectivity index (χ4n) is 2.27. The third-order valence-electron chi connectivity index (χ3n) is 3.44. The van der Waals surface area contributed by atoms with Crippen LogP contribution in [0.4, 0.5) is 5.69 Å². The first-order valence-electron chi connectivity index (χ1n) is 6.40. The average Bonchev–Trinajstić information content (AvgIpc) is 2.61. The Morgan fingerprint density at radius 2 is 2.00 bits per heavy atom. The highest BCUT2D eigenvalue weighted by Crippen LogP contribution is 2.22. The van der Waals surface area contributed by atoms with Crippen molar-refractivity contribution < 1.29 is 4.74 Å². The molecule has 4 heteroatoms. The van der Waals surface area contributed by atoms with E-state index in [4.69, 9.17) is 4.74 Å². The minimum atomic E-state index is 0.790. The van der Waals surface area contributed by atoms with E-state index in [0.717, 1.165) is 34.9 Å². The summed E-state index contributed by atoms with van der Waals surface area (Å²) < 4.78 is 7.17. The Kier molecular flexibility index (Phi) is 3.79. The van der Waals surface area contributed by atoms with Gasteiger partial charge in [0, 0.05) is 13.6 Å². The molecule has 1 aromatic heterocycles. The molecule has 0 radical (unpaired) electrons. The number of nitrogens with one attached hydrogen (secondary N) is 1. The fourth-order valence-corrected chi connectivity index (χ4v) is 2.27. The van der Waals surface area contributed by atoms with Crippen LogP contribution in [0.3, 0.4) is 0 Å². The van der Waals surface area contributed by atoms with E-state index < -0.39 is 0 Å². The minimum Gasteiger partial charge on any atom is -0.496 e. The van der Waals surface area contributed by atoms with Gasteiger partial charge in [-0.3, -0.25) is 4.68 Å². The zero-order valence-corrected chi connectivity index (χ0v) is 12.2. The van der Waals surface area contributed by atoms with Gasteiger partial charge in [-0.1, -0.05) is 12.1 Å². The van der Waals surface area contributed by atoms with Gasteiger partial charge in [0.15, 0.2) is 0 Å². The molecule has 0 aliphatic carbocycles. The van der Waals surface area contributed by atoms with Crippen molar-refractivity contribution in [2.24, 2.45) is 7.05 Å². The first kappa shape index (κ1) is 13.5. The van der Waals surface area contributed by atoms with Gasteiger partial charge in [0.2, 0.25) is 0 Å². The van der Waals surface area contributed by atoms with Crippen LogP contribution >= 0.6 is 0 Å². The summed E-state index contributed by atoms with van der Waals surface area (Å²) in [6, 6.07) is 6.24. The number of nitrogens with zero attached hydrogens (tertiary/aromatic N) is 2. The van der Waals surface area contributed by atoms with E-state index in [0.29, 0.717) is 0 Å². The van der Waals surface area contributed by atoms with Gasteiger partial charge in [-0.25, -0.2) is 0 Å². The summed E-state index contributed by atoms with van der Waals surface area (Å²) in [5.74, 6) is 0.928. The van der Waals surface area contributed by atoms with E-state index >= 15 is 0 Å². The van der Waals surface area contributed by atoms with Crippen LogP contribution in [-0.4, -0.2) is 16.9 Å². The lowest BCUT2D eigenvalue weighted by Gasteiger charge is -2.10. The Bertz CT molecular complexity index is 587. The standard InChI is InChI=1S/C15H21N3O/c1-10-8-13(6-7-14(10)19-5)9-16-15-11(2)17-18(4)12(15)3/h6-8,16H,9H2,1-5H3. The van der Waals surface area contributed by atoms with Crippen molar-refractivity contribution in [1.29, 1.82) is 0 Å². The number of hydrogen-bond acceptors (Lipinski definition) is 3. The summed E-state index contributed by atoms with van der Waals surface area (Å²) in [5, 5.41) is 7.86. The van der Waals surface area contributed by atoms with Crippen LogP contribution in [0.25, 0.3) is 0 Å². The van der Waals surface area contributed by atoms with E-state index in [2.05, 4.69) is 36.4 Å². The highest BCUT2D eigenvalue weighted by molar-refractivity contribution is 5.52. The molecule has 1 heterocycles. The maximum absolute atomic E-state index is 5.27. The molecule has 0 saturated heterocycles. The van der Waals surface area contributed by atoms with Crippen LogP contribution < -0.4 is 10.1 Å². The number of rotatable bonds is 4. The van der Waals surface area contributed by atoms with E-state index in [9.17, 15) is 0 Å². The summed E-state index contributed by atoms with van der Waals surface area (Å²) in [7, 11) is 3.66. The van der Waals surface area contributed by atoms with E-state index in [1.54, 1.807) is 7.11 Å². The van der Waals surface area contributed by atoms with Crippen molar-refractivity contribution in [1.82, 2.24) is 9.78 Å². The molecule has 2 aromatic rings. The molecule has 0 atom stereocenters. The number of anilines is 1. The molecule has 4 nitrogen and oxygen atoms in total. The normalized spacial score (nSPS) is 10.6. The van der Waals surface area contributed by atoms with Crippen molar-refractivity contribution in [3.63, 3.8) is 0 Å². The van der Waals surface area contributed by atoms with Gasteiger partial charge in [0.05, 0.1) is 24.2 Å². The van der Waals surface area contributed by atoms with Crippen molar-refractivity contribution in [3.05, 3.63) is 40.7 Å². The number of hydrogen-bond donors (Lipinski definition) is 1. The smallest absolute Gasteiger partial charge is 0.121 e. The molecule has 1 aromatic carbocycles. The molecule has 0 aliphatic rings. The summed E-state index contributed by atoms with van der Waals surface area (Å²) in [4.78, 5) is 0. The van der Waals surface area contributed by atoms with Crippen LogP contribution in [0.2, 0.25) is 0 Å². The predicted octanol–water partition coefficient (Wildman–Crippen LogP) is 2.97. The molecular weight excluding hydrogens is 238 g/mol. The van der Waals surface area contributed by atoms with Crippen LogP contribution in [0.5, 0.6) is 5.75 Å². The fraction of sp³-hybridized carbons (Fsp3) is 0.400. The number of aromatic nitrogens is 2. The highest BCUT2D eigenvalue weighted by Gasteiger charge is 2.08. The average molecular weight is 259 g/mol. The number of aryl methyl sites for hydroxylation is 3. The Labute approximate surface area is 114 Å². The van der Waals surface area contributed by atoms with Crippen molar-refractivity contribution in [2.45, 2.75) is 27.3 Å². The zero-order chi connectivity index (χ0) is 14.0. The maximum Gasteiger partial charge on any atom is 0.121 e. The second kappa shape index (κ2) is 5.34. The Morgan fingerprint density at radius 3 is 2.53 bits per heavy atom. The summed E-state index contributed by atoms with van der Waals surface area (Å²) in [6.07, 6.45) is 0. The van der Waals surface area contributed by atoms with Crippen LogP contribution in [0.15, 0.2) is 18.2 Å². The monoisotopic (exact) mass is 259 g/mol. The van der Waals surface area contributed by atoms with Crippen LogP contribution in [0, 0.1) is 20.8 Å². The number of ether oxygens (including phenoxy) is 1. The lowest BCUT2D eigenvalue weighted by Crippen LogP contribution is -2.02. The summed E-state index contributed by atoms with van der Waals surface area (Å²) >= 11 is 0. The summed E-state index contributed by atoms with van der Waals surface area (Å²) in [6.45, 7) is 6.94. The Hall–Kier alpha value is -1.97. The highest BCUT2D eigenvalue weighted by atomic mass is 16.5. The molecule has 1 N–H and O–H groups in total. The minimum absolute atomic E-state index is 0.790. The van der Waals surface area contributed by atoms with E-state index in [1.807, 2.05) is 24.7 Å². The molecule has 0 fully saturated rings. The molecule has 0 aliphatic heterocycles. The van der Waals surface area contributed by atoms with Crippen LogP contribution in [0.1, 0.15) is 22.5 Å². The van der Waals surface area contributed by atoms with Crippen molar-refractivity contribution in [2.75, 3.05) is 12.4 Å². The molecular formula is C15H21N3O. The number of benzene rings is 1. The first-order valence-corrected chi connectivity index (χ1v) is 6.40. The van der Waals surface area contributed by atoms with Gasteiger partial charge in [0.25, 0.3) is 0 Å². The van der Waals surface area contributed by atoms with Crippen molar-refractivity contribution in [3.8, 4) is 5.75 Å². The maximum atomic E-state index is 5.27. The molecule has 0 saturated carbocycles. The van der Waals surface area contributed by atoms with Gasteiger partial charge >= 0.3 is 0 Å². The van der Waals surface area contributed by atoms with Crippen molar-refractivity contribution >= 4 is 5.69 Å². The quantitative estimate of drug-likeness (QED) is 0.917. The SMILES string of the molecule is COc1ccc(CNc2c(C)nn(C)c2C)cc1C. The van der Waals surface area contributed by atoms with Gasteiger partial charge in [-0.15, -0.1) is 0 Å². The zero-order valence-electron chi connectivity index (χ0n) is 12.2. The third-order valence-corrected chi connectivity index (χ3v) is 3.44. The van der Waals surface area contributed by atoms with Gasteiger partial charge in [-0.05, 0) is 38.0 Å². The van der Waals surface area contributed by atoms with Gasteiger partial charge in [-0.2, -0.15) is 5.10 Å². The third kappa shape index (κ3) is 2.72.